The van der Waals surface area contributed by atoms with Gasteiger partial charge in [0.05, 0.1) is 61.8 Å². The summed E-state index contributed by atoms with van der Waals surface area (Å²) in [6, 6.07) is 6.00. The highest BCUT2D eigenvalue weighted by molar-refractivity contribution is 7.13. The molecule has 1 aliphatic rings. The molecule has 0 spiro atoms. The average Bonchev–Trinajstić information content (AvgIpc) is 3.66. The van der Waals surface area contributed by atoms with E-state index in [4.69, 9.17) is 23.7 Å². The van der Waals surface area contributed by atoms with E-state index in [-0.39, 0.29) is 58.5 Å². The van der Waals surface area contributed by atoms with Gasteiger partial charge < -0.3 is 44.3 Å². The van der Waals surface area contributed by atoms with Gasteiger partial charge in [0.15, 0.2) is 0 Å². The van der Waals surface area contributed by atoms with Gasteiger partial charge in [0, 0.05) is 19.5 Å². The minimum Gasteiger partial charge on any atom is -0.458 e. The number of aliphatic hydroxyl groups excluding tert-OH is 1. The summed E-state index contributed by atoms with van der Waals surface area (Å²) in [5.41, 5.74) is 3.46. The summed E-state index contributed by atoms with van der Waals surface area (Å²) in [7, 11) is 0. The Labute approximate surface area is 304 Å². The molecule has 3 atom stereocenters. The Bertz CT molecular complexity index is 1420. The Hall–Kier alpha value is -3.47. The van der Waals surface area contributed by atoms with E-state index >= 15 is 0 Å². The third-order valence-corrected chi connectivity index (χ3v) is 8.68. The lowest BCUT2D eigenvalue weighted by Gasteiger charge is -2.35. The predicted octanol–water partition coefficient (Wildman–Crippen LogP) is 2.64. The van der Waals surface area contributed by atoms with Crippen molar-refractivity contribution in [3.05, 3.63) is 41.0 Å². The van der Waals surface area contributed by atoms with E-state index < -0.39 is 47.0 Å². The largest absolute Gasteiger partial charge is 0.458 e. The fourth-order valence-corrected chi connectivity index (χ4v) is 6.04. The Morgan fingerprint density at radius 1 is 0.922 bits per heavy atom. The number of thiazole rings is 1. The topological polar surface area (TPSA) is 175 Å². The van der Waals surface area contributed by atoms with Crippen LogP contribution in [0.5, 0.6) is 0 Å². The number of aliphatic hydroxyl groups is 1. The second kappa shape index (κ2) is 20.0. The van der Waals surface area contributed by atoms with Gasteiger partial charge in [-0.05, 0) is 44.2 Å². The normalized spacial score (nSPS) is 16.9. The molecule has 2 heterocycles. The number of carbonyl (C=O) groups is 4. The van der Waals surface area contributed by atoms with Gasteiger partial charge in [-0.25, -0.2) is 9.78 Å². The van der Waals surface area contributed by atoms with Gasteiger partial charge in [-0.15, -0.1) is 11.3 Å². The summed E-state index contributed by atoms with van der Waals surface area (Å²) >= 11 is 1.57. The predicted molar refractivity (Wildman–Crippen MR) is 191 cm³/mol. The third-order valence-electron chi connectivity index (χ3n) is 7.70. The molecule has 3 N–H and O–H groups in total. The van der Waals surface area contributed by atoms with Crippen molar-refractivity contribution in [3.63, 3.8) is 0 Å². The molecule has 284 valence electrons. The number of hydrogen-bond donors (Lipinski definition) is 3. The summed E-state index contributed by atoms with van der Waals surface area (Å²) in [5.74, 6) is -1.75. The third kappa shape index (κ3) is 14.6. The van der Waals surface area contributed by atoms with Crippen LogP contribution in [0.15, 0.2) is 29.8 Å². The van der Waals surface area contributed by atoms with E-state index in [1.54, 1.807) is 32.1 Å². The second-order valence-electron chi connectivity index (χ2n) is 14.4. The van der Waals surface area contributed by atoms with E-state index in [1.165, 1.54) is 4.90 Å². The van der Waals surface area contributed by atoms with Gasteiger partial charge in [0.2, 0.25) is 17.7 Å². The molecular formula is C36H54N4O10S. The molecule has 1 fully saturated rings. The smallest absolute Gasteiger partial charge is 0.332 e. The van der Waals surface area contributed by atoms with E-state index in [1.807, 2.05) is 57.5 Å². The maximum atomic E-state index is 13.8. The lowest BCUT2D eigenvalue weighted by Crippen LogP contribution is -2.58. The number of ether oxygens (including phenoxy) is 5. The highest BCUT2D eigenvalue weighted by Crippen LogP contribution is 2.28. The van der Waals surface area contributed by atoms with E-state index in [2.05, 4.69) is 15.6 Å². The number of aryl methyl sites for hydroxylation is 1. The van der Waals surface area contributed by atoms with Gasteiger partial charge in [-0.1, -0.05) is 45.0 Å². The lowest BCUT2D eigenvalue weighted by molar-refractivity contribution is -0.160. The molecule has 0 saturated carbocycles. The molecule has 0 radical (unpaired) electrons. The Kier molecular flexibility index (Phi) is 16.4. The first-order valence-electron chi connectivity index (χ1n) is 17.1. The van der Waals surface area contributed by atoms with Crippen molar-refractivity contribution >= 4 is 35.0 Å². The number of benzene rings is 1. The van der Waals surface area contributed by atoms with Crippen molar-refractivity contribution in [2.75, 3.05) is 59.4 Å². The Morgan fingerprint density at radius 2 is 1.51 bits per heavy atom. The molecule has 3 amide bonds. The van der Waals surface area contributed by atoms with Crippen LogP contribution in [0.1, 0.15) is 59.2 Å². The highest BCUT2D eigenvalue weighted by Gasteiger charge is 2.44. The number of esters is 1. The van der Waals surface area contributed by atoms with Gasteiger partial charge in [-0.3, -0.25) is 14.4 Å². The summed E-state index contributed by atoms with van der Waals surface area (Å²) in [6.45, 7) is 14.1. The molecule has 1 aliphatic heterocycles. The van der Waals surface area contributed by atoms with Crippen LogP contribution >= 0.6 is 11.3 Å². The zero-order chi connectivity index (χ0) is 37.6. The molecule has 15 heteroatoms. The number of nitrogens with one attached hydrogen (secondary N) is 2. The van der Waals surface area contributed by atoms with Crippen LogP contribution in [0.3, 0.4) is 0 Å². The molecule has 2 aromatic rings. The first-order chi connectivity index (χ1) is 24.0. The van der Waals surface area contributed by atoms with Gasteiger partial charge in [0.1, 0.15) is 30.9 Å². The van der Waals surface area contributed by atoms with Crippen molar-refractivity contribution in [2.45, 2.75) is 85.2 Å². The summed E-state index contributed by atoms with van der Waals surface area (Å²) < 4.78 is 26.7. The SMILES string of the molecule is Cc1ncsc1-c1ccc(CNC(=O)[C@@H]2C[C@@H](O)CN2C(=O)[C@@H](NC(=O)COCCOCCOCCOCC(=O)OC(C)(C)C)C(C)(C)C)cc1. The fourth-order valence-electron chi connectivity index (χ4n) is 5.23. The van der Waals surface area contributed by atoms with Crippen LogP contribution in [0.2, 0.25) is 0 Å². The molecular weight excluding hydrogens is 680 g/mol. The monoisotopic (exact) mass is 734 g/mol. The first-order valence-corrected chi connectivity index (χ1v) is 18.0. The van der Waals surface area contributed by atoms with Crippen molar-refractivity contribution < 1.29 is 48.0 Å². The van der Waals surface area contributed by atoms with E-state index in [0.717, 1.165) is 21.7 Å². The van der Waals surface area contributed by atoms with Crippen LogP contribution in [0, 0.1) is 12.3 Å². The Morgan fingerprint density at radius 3 is 2.06 bits per heavy atom. The molecule has 1 aromatic carbocycles. The van der Waals surface area contributed by atoms with Gasteiger partial charge in [-0.2, -0.15) is 0 Å². The zero-order valence-electron chi connectivity index (χ0n) is 30.8. The minimum atomic E-state index is -0.960. The number of β-amino-alcohol motifs (C(OH)–C–C–N with tert-alkyl or cyclic N) is 1. The number of amides is 3. The molecule has 14 nitrogen and oxygen atoms in total. The van der Waals surface area contributed by atoms with Crippen molar-refractivity contribution in [1.82, 2.24) is 20.5 Å². The summed E-state index contributed by atoms with van der Waals surface area (Å²) in [6.07, 6.45) is -0.767. The highest BCUT2D eigenvalue weighted by atomic mass is 32.1. The van der Waals surface area contributed by atoms with Crippen LogP contribution in [0.25, 0.3) is 10.4 Å². The van der Waals surface area contributed by atoms with E-state index in [9.17, 15) is 24.3 Å². The Balaban J connectivity index is 1.37. The molecule has 0 aliphatic carbocycles. The summed E-state index contributed by atoms with van der Waals surface area (Å²) in [5, 5.41) is 16.1. The van der Waals surface area contributed by atoms with E-state index in [0.29, 0.717) is 19.8 Å². The maximum absolute atomic E-state index is 13.8. The van der Waals surface area contributed by atoms with Crippen LogP contribution < -0.4 is 10.6 Å². The van der Waals surface area contributed by atoms with Crippen LogP contribution in [-0.4, -0.2) is 122 Å². The second-order valence-corrected chi connectivity index (χ2v) is 15.2. The number of likely N-dealkylation sites (tertiary alicyclic amines) is 1. The van der Waals surface area contributed by atoms with Crippen LogP contribution in [0.4, 0.5) is 0 Å². The number of nitrogens with zero attached hydrogens (tertiary/aromatic N) is 2. The number of carbonyl (C=O) groups excluding carboxylic acids is 4. The first kappa shape index (κ1) is 41.9. The molecule has 1 saturated heterocycles. The quantitative estimate of drug-likeness (QED) is 0.143. The molecule has 0 unspecified atom stereocenters. The van der Waals surface area contributed by atoms with Gasteiger partial charge in [0.25, 0.3) is 0 Å². The molecule has 0 bridgehead atoms. The number of hydrogen-bond acceptors (Lipinski definition) is 12. The van der Waals surface area contributed by atoms with Crippen molar-refractivity contribution in [3.8, 4) is 10.4 Å². The molecule has 1 aromatic heterocycles. The lowest BCUT2D eigenvalue weighted by atomic mass is 9.85. The van der Waals surface area contributed by atoms with Crippen molar-refractivity contribution in [1.29, 1.82) is 0 Å². The zero-order valence-corrected chi connectivity index (χ0v) is 31.6. The summed E-state index contributed by atoms with van der Waals surface area (Å²) in [4.78, 5) is 58.2. The number of aromatic nitrogens is 1. The van der Waals surface area contributed by atoms with Crippen molar-refractivity contribution in [2.24, 2.45) is 5.41 Å². The molecule has 51 heavy (non-hydrogen) atoms. The maximum Gasteiger partial charge on any atom is 0.332 e. The van der Waals surface area contributed by atoms with Crippen LogP contribution in [-0.2, 0) is 49.4 Å². The minimum absolute atomic E-state index is 0.0150. The van der Waals surface area contributed by atoms with Gasteiger partial charge >= 0.3 is 5.97 Å². The number of rotatable bonds is 19. The molecule has 3 rings (SSSR count). The average molecular weight is 735 g/mol. The standard InChI is InChI=1S/C36H54N4O10S/c1-24-31(51-23-38-24)26-10-8-25(9-11-26)19-37-33(44)28-18-27(41)20-40(28)34(45)32(35(2,3)4)39-29(42)21-48-16-14-46-12-13-47-15-17-49-22-30(43)50-36(5,6)7/h8-11,23,27-28,32,41H,12-22H2,1-7H3,(H,37,44)(H,39,42)/t27-,28+,32-/m1/s1. The fraction of sp³-hybridized carbons (Fsp3) is 0.639.